The highest BCUT2D eigenvalue weighted by Gasteiger charge is 2.27. The zero-order valence-electron chi connectivity index (χ0n) is 10.6. The zero-order valence-corrected chi connectivity index (χ0v) is 11.4. The normalized spacial score (nSPS) is 27.4. The van der Waals surface area contributed by atoms with Gasteiger partial charge in [-0.2, -0.15) is 11.8 Å². The van der Waals surface area contributed by atoms with Gasteiger partial charge in [0.15, 0.2) is 0 Å². The Morgan fingerprint density at radius 2 is 2.38 bits per heavy atom. The molecule has 2 N–H and O–H groups in total. The Labute approximate surface area is 103 Å². The molecular weight excluding hydrogens is 220 g/mol. The molecule has 4 heteroatoms. The van der Waals surface area contributed by atoms with Gasteiger partial charge in [0.05, 0.1) is 6.04 Å². The summed E-state index contributed by atoms with van der Waals surface area (Å²) in [5, 5.41) is 6.36. The molecule has 16 heavy (non-hydrogen) atoms. The number of rotatable bonds is 5. The number of thioether (sulfide) groups is 1. The molecule has 0 aromatic heterocycles. The summed E-state index contributed by atoms with van der Waals surface area (Å²) in [6.45, 7) is 6.10. The third-order valence-electron chi connectivity index (χ3n) is 3.13. The lowest BCUT2D eigenvalue weighted by Gasteiger charge is -2.29. The Morgan fingerprint density at radius 3 is 3.00 bits per heavy atom. The minimum Gasteiger partial charge on any atom is -0.354 e. The molecule has 0 saturated carbocycles. The summed E-state index contributed by atoms with van der Waals surface area (Å²) in [6.07, 6.45) is 4.45. The Bertz CT molecular complexity index is 223. The van der Waals surface area contributed by atoms with Crippen LogP contribution in [0.1, 0.15) is 26.7 Å². The van der Waals surface area contributed by atoms with Gasteiger partial charge >= 0.3 is 0 Å². The minimum atomic E-state index is 0.0234. The fraction of sp³-hybridized carbons (Fsp3) is 0.917. The van der Waals surface area contributed by atoms with Crippen LogP contribution in [-0.4, -0.2) is 37.0 Å². The third-order valence-corrected chi connectivity index (χ3v) is 4.03. The van der Waals surface area contributed by atoms with Crippen molar-refractivity contribution in [2.24, 2.45) is 11.8 Å². The van der Waals surface area contributed by atoms with Crippen LogP contribution in [-0.2, 0) is 4.79 Å². The fourth-order valence-electron chi connectivity index (χ4n) is 2.13. The summed E-state index contributed by atoms with van der Waals surface area (Å²) in [4.78, 5) is 11.9. The third kappa shape index (κ3) is 4.34. The molecule has 1 saturated heterocycles. The molecule has 94 valence electrons. The van der Waals surface area contributed by atoms with Gasteiger partial charge in [0.25, 0.3) is 0 Å². The molecule has 1 aliphatic rings. The molecule has 3 nitrogen and oxygen atoms in total. The van der Waals surface area contributed by atoms with E-state index >= 15 is 0 Å². The summed E-state index contributed by atoms with van der Waals surface area (Å²) in [6, 6.07) is 0.0234. The van der Waals surface area contributed by atoms with Crippen molar-refractivity contribution in [3.8, 4) is 0 Å². The molecule has 0 spiro atoms. The predicted octanol–water partition coefficient (Wildman–Crippen LogP) is 1.49. The van der Waals surface area contributed by atoms with Gasteiger partial charge in [-0.25, -0.2) is 0 Å². The van der Waals surface area contributed by atoms with Crippen LogP contribution < -0.4 is 10.6 Å². The molecule has 1 heterocycles. The Balaban J connectivity index is 2.28. The summed E-state index contributed by atoms with van der Waals surface area (Å²) in [7, 11) is 0. The van der Waals surface area contributed by atoms with Crippen molar-refractivity contribution in [2.75, 3.05) is 25.1 Å². The lowest BCUT2D eigenvalue weighted by atomic mass is 9.92. The molecule has 0 aromatic rings. The van der Waals surface area contributed by atoms with Crippen LogP contribution in [0.15, 0.2) is 0 Å². The number of piperidine rings is 1. The monoisotopic (exact) mass is 244 g/mol. The highest BCUT2D eigenvalue weighted by atomic mass is 32.2. The highest BCUT2D eigenvalue weighted by Crippen LogP contribution is 2.15. The molecule has 0 aromatic carbocycles. The van der Waals surface area contributed by atoms with E-state index in [2.05, 4.69) is 30.7 Å². The van der Waals surface area contributed by atoms with Crippen molar-refractivity contribution < 1.29 is 4.79 Å². The maximum Gasteiger partial charge on any atom is 0.237 e. The van der Waals surface area contributed by atoms with Gasteiger partial charge in [-0.1, -0.05) is 13.8 Å². The molecular formula is C12H24N2OS. The second-order valence-electron chi connectivity index (χ2n) is 4.86. The van der Waals surface area contributed by atoms with Crippen molar-refractivity contribution in [2.45, 2.75) is 32.7 Å². The SMILES string of the molecule is CSCC(C)CNC(=O)C1NCCCC1C. The number of hydrogen-bond donors (Lipinski definition) is 2. The summed E-state index contributed by atoms with van der Waals surface area (Å²) < 4.78 is 0. The van der Waals surface area contributed by atoms with Gasteiger partial charge in [-0.15, -0.1) is 0 Å². The van der Waals surface area contributed by atoms with E-state index in [9.17, 15) is 4.79 Å². The highest BCUT2D eigenvalue weighted by molar-refractivity contribution is 7.98. The first kappa shape index (κ1) is 13.8. The van der Waals surface area contributed by atoms with Crippen LogP contribution in [0.3, 0.4) is 0 Å². The van der Waals surface area contributed by atoms with Crippen LogP contribution in [0, 0.1) is 11.8 Å². The molecule has 1 aliphatic heterocycles. The quantitative estimate of drug-likeness (QED) is 0.770. The van der Waals surface area contributed by atoms with Gasteiger partial charge in [-0.3, -0.25) is 4.79 Å². The first-order valence-electron chi connectivity index (χ1n) is 6.15. The molecule has 1 rings (SSSR count). The number of amides is 1. The summed E-state index contributed by atoms with van der Waals surface area (Å²) in [5.74, 6) is 2.30. The lowest BCUT2D eigenvalue weighted by molar-refractivity contribution is -0.124. The van der Waals surface area contributed by atoms with Crippen LogP contribution >= 0.6 is 11.8 Å². The number of carbonyl (C=O) groups excluding carboxylic acids is 1. The molecule has 3 atom stereocenters. The molecule has 0 aliphatic carbocycles. The number of carbonyl (C=O) groups is 1. The van der Waals surface area contributed by atoms with Crippen LogP contribution in [0.4, 0.5) is 0 Å². The molecule has 0 bridgehead atoms. The molecule has 1 fully saturated rings. The van der Waals surface area contributed by atoms with Crippen molar-refractivity contribution in [3.05, 3.63) is 0 Å². The summed E-state index contributed by atoms with van der Waals surface area (Å²) >= 11 is 1.83. The Hall–Kier alpha value is -0.220. The fourth-order valence-corrected chi connectivity index (χ4v) is 2.82. The number of hydrogen-bond acceptors (Lipinski definition) is 3. The van der Waals surface area contributed by atoms with Crippen LogP contribution in [0.5, 0.6) is 0 Å². The van der Waals surface area contributed by atoms with Gasteiger partial charge in [0.1, 0.15) is 0 Å². The van der Waals surface area contributed by atoms with Gasteiger partial charge in [0.2, 0.25) is 5.91 Å². The zero-order chi connectivity index (χ0) is 12.0. The van der Waals surface area contributed by atoms with E-state index in [1.165, 1.54) is 6.42 Å². The topological polar surface area (TPSA) is 41.1 Å². The predicted molar refractivity (Wildman–Crippen MR) is 70.7 cm³/mol. The van der Waals surface area contributed by atoms with E-state index in [0.29, 0.717) is 11.8 Å². The average molecular weight is 244 g/mol. The first-order chi connectivity index (χ1) is 7.65. The van der Waals surface area contributed by atoms with E-state index in [1.807, 2.05) is 11.8 Å². The Morgan fingerprint density at radius 1 is 1.62 bits per heavy atom. The van der Waals surface area contributed by atoms with Crippen LogP contribution in [0.25, 0.3) is 0 Å². The van der Waals surface area contributed by atoms with Crippen molar-refractivity contribution >= 4 is 17.7 Å². The average Bonchev–Trinajstić information content (AvgIpc) is 2.27. The summed E-state index contributed by atoms with van der Waals surface area (Å²) in [5.41, 5.74) is 0. The molecule has 0 radical (unpaired) electrons. The van der Waals surface area contributed by atoms with E-state index < -0.39 is 0 Å². The van der Waals surface area contributed by atoms with Crippen LogP contribution in [0.2, 0.25) is 0 Å². The maximum absolute atomic E-state index is 11.9. The van der Waals surface area contributed by atoms with E-state index in [0.717, 1.165) is 25.3 Å². The van der Waals surface area contributed by atoms with Gasteiger partial charge in [0, 0.05) is 6.54 Å². The van der Waals surface area contributed by atoms with Gasteiger partial charge in [-0.05, 0) is 43.2 Å². The second-order valence-corrected chi connectivity index (χ2v) is 5.77. The standard InChI is InChI=1S/C12H24N2OS/c1-9(8-16-3)7-14-12(15)11-10(2)5-4-6-13-11/h9-11,13H,4-8H2,1-3H3,(H,14,15). The van der Waals surface area contributed by atoms with E-state index in [1.54, 1.807) is 0 Å². The Kier molecular flexibility index (Phi) is 6.21. The maximum atomic E-state index is 11.9. The van der Waals surface area contributed by atoms with Gasteiger partial charge < -0.3 is 10.6 Å². The first-order valence-corrected chi connectivity index (χ1v) is 7.54. The minimum absolute atomic E-state index is 0.0234. The number of nitrogens with one attached hydrogen (secondary N) is 2. The molecule has 1 amide bonds. The lowest BCUT2D eigenvalue weighted by Crippen LogP contribution is -2.51. The van der Waals surface area contributed by atoms with Crippen molar-refractivity contribution in [1.29, 1.82) is 0 Å². The van der Waals surface area contributed by atoms with Crippen molar-refractivity contribution in [1.82, 2.24) is 10.6 Å². The largest absolute Gasteiger partial charge is 0.354 e. The smallest absolute Gasteiger partial charge is 0.237 e. The molecule has 3 unspecified atom stereocenters. The van der Waals surface area contributed by atoms with E-state index in [4.69, 9.17) is 0 Å². The second kappa shape index (κ2) is 7.17. The van der Waals surface area contributed by atoms with E-state index in [-0.39, 0.29) is 11.9 Å². The van der Waals surface area contributed by atoms with Crippen molar-refractivity contribution in [3.63, 3.8) is 0 Å².